The Kier molecular flexibility index (Phi) is 18.4. The van der Waals surface area contributed by atoms with E-state index in [0.717, 1.165) is 32.3 Å². The van der Waals surface area contributed by atoms with Crippen LogP contribution < -0.4 is 5.32 Å². The molecule has 0 aromatic heterocycles. The second kappa shape index (κ2) is 17.1. The largest absolute Gasteiger partial charge is 0.385 e. The highest BCUT2D eigenvalue weighted by Gasteiger charge is 1.95. The molecule has 19 heavy (non-hydrogen) atoms. The highest BCUT2D eigenvalue weighted by atomic mass is 16.5. The fraction of sp³-hybridized carbons (Fsp3) is 0.867. The zero-order chi connectivity index (χ0) is 14.9. The van der Waals surface area contributed by atoms with Gasteiger partial charge in [-0.05, 0) is 26.2 Å². The molecule has 0 atom stereocenters. The molecule has 0 radical (unpaired) electrons. The van der Waals surface area contributed by atoms with E-state index in [4.69, 9.17) is 4.74 Å². The molecule has 0 saturated carbocycles. The second-order valence-corrected chi connectivity index (χ2v) is 4.64. The van der Waals surface area contributed by atoms with Crippen molar-refractivity contribution in [2.24, 2.45) is 0 Å². The Bertz CT molecular complexity index is 217. The van der Waals surface area contributed by atoms with E-state index in [9.17, 15) is 9.59 Å². The summed E-state index contributed by atoms with van der Waals surface area (Å²) in [5.41, 5.74) is 0. The summed E-state index contributed by atoms with van der Waals surface area (Å²) in [7, 11) is 3.32. The van der Waals surface area contributed by atoms with Crippen LogP contribution in [-0.4, -0.2) is 32.5 Å². The van der Waals surface area contributed by atoms with Crippen LogP contribution >= 0.6 is 0 Å². The minimum Gasteiger partial charge on any atom is -0.385 e. The molecule has 0 aromatic rings. The van der Waals surface area contributed by atoms with Crippen molar-refractivity contribution in [3.05, 3.63) is 0 Å². The number of hydrogen-bond acceptors (Lipinski definition) is 3. The molecular weight excluding hydrogens is 242 g/mol. The third-order valence-corrected chi connectivity index (χ3v) is 2.66. The molecule has 0 bridgehead atoms. The van der Waals surface area contributed by atoms with Gasteiger partial charge in [-0.25, -0.2) is 0 Å². The smallest absolute Gasteiger partial charge is 0.219 e. The molecule has 0 aliphatic rings. The maximum atomic E-state index is 10.6. The third-order valence-electron chi connectivity index (χ3n) is 2.66. The maximum Gasteiger partial charge on any atom is 0.219 e. The quantitative estimate of drug-likeness (QED) is 0.622. The van der Waals surface area contributed by atoms with Gasteiger partial charge in [-0.1, -0.05) is 26.2 Å². The Morgan fingerprint density at radius 3 is 2.11 bits per heavy atom. The number of ether oxygens (including phenoxy) is 1. The van der Waals surface area contributed by atoms with Gasteiger partial charge in [0.2, 0.25) is 5.91 Å². The highest BCUT2D eigenvalue weighted by Crippen LogP contribution is 2.01. The van der Waals surface area contributed by atoms with Crippen LogP contribution in [0.5, 0.6) is 0 Å². The molecule has 0 spiro atoms. The van der Waals surface area contributed by atoms with Crippen LogP contribution in [-0.2, 0) is 14.3 Å². The van der Waals surface area contributed by atoms with Crippen molar-refractivity contribution >= 4 is 11.7 Å². The second-order valence-electron chi connectivity index (χ2n) is 4.64. The molecule has 4 heteroatoms. The number of ketones is 1. The van der Waals surface area contributed by atoms with Crippen molar-refractivity contribution in [2.45, 2.75) is 65.2 Å². The van der Waals surface area contributed by atoms with Crippen molar-refractivity contribution in [1.29, 1.82) is 0 Å². The SMILES string of the molecule is CCCCCCC(C)=O.CNC(=O)CCCCOC. The van der Waals surface area contributed by atoms with Gasteiger partial charge in [0.05, 0.1) is 0 Å². The van der Waals surface area contributed by atoms with Crippen molar-refractivity contribution in [3.63, 3.8) is 0 Å². The number of hydrogen-bond donors (Lipinski definition) is 1. The lowest BCUT2D eigenvalue weighted by molar-refractivity contribution is -0.120. The molecule has 0 saturated heterocycles. The molecule has 4 nitrogen and oxygen atoms in total. The van der Waals surface area contributed by atoms with Gasteiger partial charge >= 0.3 is 0 Å². The Balaban J connectivity index is 0. The van der Waals surface area contributed by atoms with E-state index in [2.05, 4.69) is 12.2 Å². The number of nitrogens with one attached hydrogen (secondary N) is 1. The molecule has 0 aliphatic carbocycles. The predicted molar refractivity (Wildman–Crippen MR) is 79.2 cm³/mol. The Labute approximate surface area is 118 Å². The van der Waals surface area contributed by atoms with E-state index in [-0.39, 0.29) is 5.91 Å². The van der Waals surface area contributed by atoms with Gasteiger partial charge < -0.3 is 14.8 Å². The fourth-order valence-corrected chi connectivity index (χ4v) is 1.46. The number of Topliss-reactive ketones (excluding diaryl/α,β-unsaturated/α-hetero) is 1. The molecule has 0 heterocycles. The van der Waals surface area contributed by atoms with Crippen LogP contribution in [0.2, 0.25) is 0 Å². The van der Waals surface area contributed by atoms with Crippen LogP contribution in [0.1, 0.15) is 65.2 Å². The Hall–Kier alpha value is -0.900. The van der Waals surface area contributed by atoms with Gasteiger partial charge in [0.1, 0.15) is 5.78 Å². The minimum atomic E-state index is 0.108. The van der Waals surface area contributed by atoms with E-state index in [1.165, 1.54) is 19.3 Å². The van der Waals surface area contributed by atoms with Crippen LogP contribution in [0.4, 0.5) is 0 Å². The van der Waals surface area contributed by atoms with E-state index < -0.39 is 0 Å². The summed E-state index contributed by atoms with van der Waals surface area (Å²) in [4.78, 5) is 21.0. The zero-order valence-corrected chi connectivity index (χ0v) is 13.1. The Morgan fingerprint density at radius 2 is 1.63 bits per heavy atom. The first-order chi connectivity index (χ1) is 9.08. The lowest BCUT2D eigenvalue weighted by Crippen LogP contribution is -2.17. The van der Waals surface area contributed by atoms with Crippen molar-refractivity contribution in [2.75, 3.05) is 20.8 Å². The van der Waals surface area contributed by atoms with E-state index in [1.807, 2.05) is 0 Å². The topological polar surface area (TPSA) is 55.4 Å². The minimum absolute atomic E-state index is 0.108. The average molecular weight is 273 g/mol. The molecule has 0 rings (SSSR count). The summed E-state index contributed by atoms with van der Waals surface area (Å²) >= 11 is 0. The molecule has 0 aromatic carbocycles. The maximum absolute atomic E-state index is 10.6. The summed E-state index contributed by atoms with van der Waals surface area (Å²) < 4.78 is 4.83. The molecule has 1 amide bonds. The van der Waals surface area contributed by atoms with Crippen LogP contribution in [0.3, 0.4) is 0 Å². The lowest BCUT2D eigenvalue weighted by Gasteiger charge is -1.98. The molecule has 1 N–H and O–H groups in total. The predicted octanol–water partition coefficient (Wildman–Crippen LogP) is 3.09. The fourth-order valence-electron chi connectivity index (χ4n) is 1.46. The van der Waals surface area contributed by atoms with Crippen LogP contribution in [0, 0.1) is 0 Å². The summed E-state index contributed by atoms with van der Waals surface area (Å²) in [6.07, 6.45) is 8.09. The first-order valence-electron chi connectivity index (χ1n) is 7.27. The Morgan fingerprint density at radius 1 is 1.00 bits per heavy atom. The zero-order valence-electron chi connectivity index (χ0n) is 13.1. The number of amides is 1. The molecule has 0 unspecified atom stereocenters. The first kappa shape index (κ1) is 20.4. The highest BCUT2D eigenvalue weighted by molar-refractivity contribution is 5.75. The molecule has 114 valence electrons. The number of carbonyl (C=O) groups is 2. The normalized spacial score (nSPS) is 9.47. The van der Waals surface area contributed by atoms with Gasteiger partial charge in [0.15, 0.2) is 0 Å². The number of unbranched alkanes of at least 4 members (excludes halogenated alkanes) is 4. The lowest BCUT2D eigenvalue weighted by atomic mass is 10.1. The van der Waals surface area contributed by atoms with E-state index >= 15 is 0 Å². The third kappa shape index (κ3) is 22.7. The molecule has 0 fully saturated rings. The summed E-state index contributed by atoms with van der Waals surface area (Å²) in [6, 6.07) is 0. The van der Waals surface area contributed by atoms with Gasteiger partial charge in [0, 0.05) is 33.6 Å². The van der Waals surface area contributed by atoms with Crippen LogP contribution in [0.15, 0.2) is 0 Å². The summed E-state index contributed by atoms with van der Waals surface area (Å²) in [5, 5.41) is 2.56. The monoisotopic (exact) mass is 273 g/mol. The van der Waals surface area contributed by atoms with Crippen molar-refractivity contribution < 1.29 is 14.3 Å². The van der Waals surface area contributed by atoms with E-state index in [0.29, 0.717) is 12.2 Å². The van der Waals surface area contributed by atoms with Crippen LogP contribution in [0.25, 0.3) is 0 Å². The summed E-state index contributed by atoms with van der Waals surface area (Å²) in [6.45, 7) is 4.58. The van der Waals surface area contributed by atoms with Gasteiger partial charge in [-0.2, -0.15) is 0 Å². The van der Waals surface area contributed by atoms with Crippen molar-refractivity contribution in [3.8, 4) is 0 Å². The standard InChI is InChI=1S/C8H16O.C7H15NO2/c1-3-4-5-6-7-8(2)9;1-8-7(9)5-3-4-6-10-2/h3-7H2,1-2H3;3-6H2,1-2H3,(H,8,9). The number of methoxy groups -OCH3 is 1. The first-order valence-corrected chi connectivity index (χ1v) is 7.27. The van der Waals surface area contributed by atoms with Gasteiger partial charge in [-0.3, -0.25) is 4.79 Å². The number of rotatable bonds is 10. The summed E-state index contributed by atoms with van der Waals surface area (Å²) in [5.74, 6) is 0.433. The number of carbonyl (C=O) groups excluding carboxylic acids is 2. The van der Waals surface area contributed by atoms with Gasteiger partial charge in [-0.15, -0.1) is 0 Å². The molecule has 0 aliphatic heterocycles. The van der Waals surface area contributed by atoms with E-state index in [1.54, 1.807) is 21.1 Å². The molecular formula is C15H31NO3. The van der Waals surface area contributed by atoms with Gasteiger partial charge in [0.25, 0.3) is 0 Å². The average Bonchev–Trinajstić information content (AvgIpc) is 2.40. The van der Waals surface area contributed by atoms with Crippen molar-refractivity contribution in [1.82, 2.24) is 5.32 Å².